The SMILES string of the molecule is COc1ccc(OC)c(NC(=O)[C@H](CC(C)C)NS(=O)(=O)c2ccc3c(c2)CCN3C(C)=O)c1. The molecule has 0 unspecified atom stereocenters. The molecule has 1 heterocycles. The van der Waals surface area contributed by atoms with Crippen LogP contribution in [0, 0.1) is 5.92 Å². The number of nitrogens with zero attached hydrogens (tertiary/aromatic N) is 1. The molecule has 1 aliphatic heterocycles. The highest BCUT2D eigenvalue weighted by molar-refractivity contribution is 7.89. The van der Waals surface area contributed by atoms with E-state index in [0.29, 0.717) is 42.3 Å². The molecule has 2 aromatic carbocycles. The van der Waals surface area contributed by atoms with Crippen LogP contribution < -0.4 is 24.4 Å². The van der Waals surface area contributed by atoms with Crippen molar-refractivity contribution in [3.8, 4) is 11.5 Å². The number of fused-ring (bicyclic) bond motifs is 1. The lowest BCUT2D eigenvalue weighted by Gasteiger charge is -2.21. The Balaban J connectivity index is 1.85. The summed E-state index contributed by atoms with van der Waals surface area (Å²) < 4.78 is 39.5. The molecular weight excluding hydrogens is 458 g/mol. The van der Waals surface area contributed by atoms with Gasteiger partial charge in [-0.3, -0.25) is 9.59 Å². The Bertz CT molecular complexity index is 1180. The van der Waals surface area contributed by atoms with Crippen LogP contribution in [-0.4, -0.2) is 47.0 Å². The summed E-state index contributed by atoms with van der Waals surface area (Å²) in [6, 6.07) is 8.61. The normalized spacial score (nSPS) is 14.0. The molecule has 2 N–H and O–H groups in total. The number of methoxy groups -OCH3 is 2. The molecule has 0 bridgehead atoms. The zero-order valence-corrected chi connectivity index (χ0v) is 20.9. The Morgan fingerprint density at radius 2 is 1.82 bits per heavy atom. The number of hydrogen-bond acceptors (Lipinski definition) is 6. The van der Waals surface area contributed by atoms with Gasteiger partial charge in [0.1, 0.15) is 17.5 Å². The van der Waals surface area contributed by atoms with E-state index in [4.69, 9.17) is 9.47 Å². The molecule has 0 aromatic heterocycles. The number of sulfonamides is 1. The van der Waals surface area contributed by atoms with Crippen molar-refractivity contribution in [1.82, 2.24) is 4.72 Å². The van der Waals surface area contributed by atoms with E-state index < -0.39 is 22.0 Å². The number of nitrogens with one attached hydrogen (secondary N) is 2. The second kappa shape index (κ2) is 10.4. The maximum atomic E-state index is 13.2. The Labute approximate surface area is 200 Å². The third-order valence-electron chi connectivity index (χ3n) is 5.62. The number of anilines is 2. The van der Waals surface area contributed by atoms with Crippen molar-refractivity contribution in [1.29, 1.82) is 0 Å². The number of carbonyl (C=O) groups excluding carboxylic acids is 2. The van der Waals surface area contributed by atoms with Crippen molar-refractivity contribution >= 4 is 33.2 Å². The van der Waals surface area contributed by atoms with Crippen LogP contribution in [0.1, 0.15) is 32.8 Å². The monoisotopic (exact) mass is 489 g/mol. The van der Waals surface area contributed by atoms with E-state index in [-0.39, 0.29) is 16.7 Å². The molecule has 10 heteroatoms. The highest BCUT2D eigenvalue weighted by atomic mass is 32.2. The summed E-state index contributed by atoms with van der Waals surface area (Å²) in [5, 5.41) is 2.76. The lowest BCUT2D eigenvalue weighted by Crippen LogP contribution is -2.44. The predicted octanol–water partition coefficient (Wildman–Crippen LogP) is 2.94. The molecule has 3 rings (SSSR count). The van der Waals surface area contributed by atoms with Crippen LogP contribution >= 0.6 is 0 Å². The molecule has 1 aliphatic rings. The van der Waals surface area contributed by atoms with Gasteiger partial charge >= 0.3 is 0 Å². The zero-order chi connectivity index (χ0) is 25.0. The van der Waals surface area contributed by atoms with E-state index in [1.807, 2.05) is 13.8 Å². The molecule has 0 radical (unpaired) electrons. The minimum Gasteiger partial charge on any atom is -0.497 e. The van der Waals surface area contributed by atoms with E-state index in [9.17, 15) is 18.0 Å². The largest absolute Gasteiger partial charge is 0.497 e. The predicted molar refractivity (Wildman–Crippen MR) is 130 cm³/mol. The molecule has 0 spiro atoms. The summed E-state index contributed by atoms with van der Waals surface area (Å²) in [4.78, 5) is 26.6. The number of amides is 2. The molecule has 0 aliphatic carbocycles. The molecule has 184 valence electrons. The van der Waals surface area contributed by atoms with Gasteiger partial charge in [-0.25, -0.2) is 8.42 Å². The lowest BCUT2D eigenvalue weighted by molar-refractivity contribution is -0.118. The molecule has 34 heavy (non-hydrogen) atoms. The average molecular weight is 490 g/mol. The van der Waals surface area contributed by atoms with Gasteiger partial charge in [0.15, 0.2) is 0 Å². The molecule has 0 saturated heterocycles. The second-order valence-electron chi connectivity index (χ2n) is 8.57. The van der Waals surface area contributed by atoms with Crippen LogP contribution in [0.25, 0.3) is 0 Å². The first-order chi connectivity index (χ1) is 16.1. The van der Waals surface area contributed by atoms with Crippen molar-refractivity contribution < 1.29 is 27.5 Å². The number of ether oxygens (including phenoxy) is 2. The van der Waals surface area contributed by atoms with E-state index in [1.54, 1.807) is 35.2 Å². The van der Waals surface area contributed by atoms with Crippen LogP contribution in [0.3, 0.4) is 0 Å². The molecule has 2 aromatic rings. The number of carbonyl (C=O) groups is 2. The van der Waals surface area contributed by atoms with Gasteiger partial charge in [0.05, 0.1) is 24.8 Å². The van der Waals surface area contributed by atoms with Crippen LogP contribution in [0.15, 0.2) is 41.3 Å². The number of benzene rings is 2. The zero-order valence-electron chi connectivity index (χ0n) is 20.0. The van der Waals surface area contributed by atoms with Crippen LogP contribution in [0.2, 0.25) is 0 Å². The standard InChI is InChI=1S/C24H31N3O6S/c1-15(2)12-21(24(29)25-20-14-18(32-4)6-9-23(20)33-5)26-34(30,31)19-7-8-22-17(13-19)10-11-27(22)16(3)28/h6-9,13-15,21,26H,10-12H2,1-5H3,(H,25,29)/t21-/m0/s1. The van der Waals surface area contributed by atoms with Crippen LogP contribution in [-0.2, 0) is 26.0 Å². The second-order valence-corrected chi connectivity index (χ2v) is 10.3. The number of hydrogen-bond donors (Lipinski definition) is 2. The first-order valence-electron chi connectivity index (χ1n) is 11.0. The fraction of sp³-hybridized carbons (Fsp3) is 0.417. The lowest BCUT2D eigenvalue weighted by atomic mass is 10.0. The molecule has 2 amide bonds. The van der Waals surface area contributed by atoms with Crippen molar-refractivity contribution in [2.45, 2.75) is 44.6 Å². The van der Waals surface area contributed by atoms with E-state index in [0.717, 1.165) is 5.56 Å². The summed E-state index contributed by atoms with van der Waals surface area (Å²) in [5.74, 6) is 0.403. The van der Waals surface area contributed by atoms with Crippen LogP contribution in [0.5, 0.6) is 11.5 Å². The summed E-state index contributed by atoms with van der Waals surface area (Å²) in [5.41, 5.74) is 1.87. The summed E-state index contributed by atoms with van der Waals surface area (Å²) >= 11 is 0. The quantitative estimate of drug-likeness (QED) is 0.560. The van der Waals surface area contributed by atoms with Gasteiger partial charge in [-0.05, 0) is 54.7 Å². The van der Waals surface area contributed by atoms with Gasteiger partial charge in [0, 0.05) is 25.2 Å². The molecular formula is C24H31N3O6S. The van der Waals surface area contributed by atoms with Gasteiger partial charge in [-0.15, -0.1) is 0 Å². The first kappa shape index (κ1) is 25.5. The van der Waals surface area contributed by atoms with E-state index in [2.05, 4.69) is 10.0 Å². The number of rotatable bonds is 9. The maximum Gasteiger partial charge on any atom is 0.242 e. The average Bonchev–Trinajstić information content (AvgIpc) is 3.21. The van der Waals surface area contributed by atoms with Gasteiger partial charge in [-0.2, -0.15) is 4.72 Å². The summed E-state index contributed by atoms with van der Waals surface area (Å²) in [7, 11) is -1.01. The smallest absolute Gasteiger partial charge is 0.242 e. The Morgan fingerprint density at radius 1 is 1.09 bits per heavy atom. The fourth-order valence-corrected chi connectivity index (χ4v) is 5.20. The molecule has 0 fully saturated rings. The van der Waals surface area contributed by atoms with Crippen molar-refractivity contribution in [2.24, 2.45) is 5.92 Å². The van der Waals surface area contributed by atoms with Crippen molar-refractivity contribution in [3.63, 3.8) is 0 Å². The van der Waals surface area contributed by atoms with Crippen molar-refractivity contribution in [3.05, 3.63) is 42.0 Å². The van der Waals surface area contributed by atoms with Gasteiger partial charge in [-0.1, -0.05) is 13.8 Å². The minimum absolute atomic E-state index is 0.0507. The molecule has 0 saturated carbocycles. The highest BCUT2D eigenvalue weighted by Gasteiger charge is 2.29. The fourth-order valence-electron chi connectivity index (χ4n) is 3.94. The third-order valence-corrected chi connectivity index (χ3v) is 7.09. The van der Waals surface area contributed by atoms with Gasteiger partial charge in [0.2, 0.25) is 21.8 Å². The van der Waals surface area contributed by atoms with Gasteiger partial charge < -0.3 is 19.7 Å². The van der Waals surface area contributed by atoms with Gasteiger partial charge in [0.25, 0.3) is 0 Å². The van der Waals surface area contributed by atoms with E-state index in [1.165, 1.54) is 27.2 Å². The Hall–Kier alpha value is -3.11. The third kappa shape index (κ3) is 5.68. The molecule has 9 nitrogen and oxygen atoms in total. The Morgan fingerprint density at radius 3 is 2.44 bits per heavy atom. The summed E-state index contributed by atoms with van der Waals surface area (Å²) in [6.45, 7) is 5.81. The Kier molecular flexibility index (Phi) is 7.83. The van der Waals surface area contributed by atoms with Crippen LogP contribution in [0.4, 0.5) is 11.4 Å². The van der Waals surface area contributed by atoms with E-state index >= 15 is 0 Å². The maximum absolute atomic E-state index is 13.2. The topological polar surface area (TPSA) is 114 Å². The minimum atomic E-state index is -4.00. The van der Waals surface area contributed by atoms with Crippen molar-refractivity contribution in [2.75, 3.05) is 31.0 Å². The molecule has 1 atom stereocenters. The first-order valence-corrected chi connectivity index (χ1v) is 12.5. The summed E-state index contributed by atoms with van der Waals surface area (Å²) in [6.07, 6.45) is 0.865. The highest BCUT2D eigenvalue weighted by Crippen LogP contribution is 2.31.